The van der Waals surface area contributed by atoms with Crippen molar-refractivity contribution in [2.24, 2.45) is 0 Å². The Morgan fingerprint density at radius 1 is 1.32 bits per heavy atom. The largest absolute Gasteiger partial charge is 0.481 e. The molecule has 3 rings (SSSR count). The molecule has 3 aromatic rings. The summed E-state index contributed by atoms with van der Waals surface area (Å²) < 4.78 is 5.23. The van der Waals surface area contributed by atoms with Crippen LogP contribution in [0, 0.1) is 0 Å². The predicted molar refractivity (Wildman–Crippen MR) is 105 cm³/mol. The first-order valence-corrected chi connectivity index (χ1v) is 8.96. The third-order valence-electron chi connectivity index (χ3n) is 3.55. The summed E-state index contributed by atoms with van der Waals surface area (Å²) in [7, 11) is 0. The van der Waals surface area contributed by atoms with E-state index < -0.39 is 12.0 Å². The van der Waals surface area contributed by atoms with Crippen LogP contribution in [0.3, 0.4) is 0 Å². The molecule has 0 aliphatic heterocycles. The molecule has 1 atom stereocenters. The molecule has 0 amide bonds. The van der Waals surface area contributed by atoms with Crippen molar-refractivity contribution in [3.63, 3.8) is 0 Å². The fourth-order valence-electron chi connectivity index (χ4n) is 2.43. The second-order valence-corrected chi connectivity index (χ2v) is 7.06. The molecular formula is C17H14ClN3O2S2. The van der Waals surface area contributed by atoms with Gasteiger partial charge in [-0.05, 0) is 59.6 Å². The van der Waals surface area contributed by atoms with Crippen LogP contribution in [0.2, 0.25) is 5.02 Å². The summed E-state index contributed by atoms with van der Waals surface area (Å²) in [5, 5.41) is 17.2. The van der Waals surface area contributed by atoms with E-state index in [0.717, 1.165) is 21.3 Å². The number of aliphatic carboxylic acids is 1. The number of thiocarbonyl (C=S) groups is 1. The Morgan fingerprint density at radius 2 is 2.16 bits per heavy atom. The van der Waals surface area contributed by atoms with Gasteiger partial charge in [-0.1, -0.05) is 23.7 Å². The van der Waals surface area contributed by atoms with Gasteiger partial charge in [0, 0.05) is 22.3 Å². The van der Waals surface area contributed by atoms with Crippen LogP contribution in [0.25, 0.3) is 10.1 Å². The van der Waals surface area contributed by atoms with Gasteiger partial charge in [0.05, 0.1) is 17.2 Å². The Morgan fingerprint density at radius 3 is 2.92 bits per heavy atom. The zero-order chi connectivity index (χ0) is 17.8. The summed E-state index contributed by atoms with van der Waals surface area (Å²) in [4.78, 5) is 11.2. The van der Waals surface area contributed by atoms with Gasteiger partial charge in [0.15, 0.2) is 5.11 Å². The van der Waals surface area contributed by atoms with Gasteiger partial charge in [-0.3, -0.25) is 4.79 Å². The van der Waals surface area contributed by atoms with E-state index in [1.54, 1.807) is 24.4 Å². The third-order valence-corrected chi connectivity index (χ3v) is 4.78. The van der Waals surface area contributed by atoms with Gasteiger partial charge >= 0.3 is 5.97 Å². The number of rotatable bonds is 5. The van der Waals surface area contributed by atoms with E-state index in [2.05, 4.69) is 15.0 Å². The quantitative estimate of drug-likeness (QED) is 0.558. The van der Waals surface area contributed by atoms with E-state index in [1.165, 1.54) is 11.5 Å². The molecule has 0 bridgehead atoms. The molecule has 0 saturated carbocycles. The van der Waals surface area contributed by atoms with E-state index in [4.69, 9.17) is 28.9 Å². The average molecular weight is 392 g/mol. The van der Waals surface area contributed by atoms with E-state index in [9.17, 15) is 4.79 Å². The Balaban J connectivity index is 1.74. The fraction of sp³-hybridized carbons (Fsp3) is 0.118. The number of halogens is 1. The van der Waals surface area contributed by atoms with Gasteiger partial charge in [-0.25, -0.2) is 0 Å². The molecule has 2 aromatic carbocycles. The molecule has 5 nitrogen and oxygen atoms in total. The van der Waals surface area contributed by atoms with Crippen molar-refractivity contribution in [3.05, 3.63) is 59.2 Å². The van der Waals surface area contributed by atoms with Gasteiger partial charge in [0.2, 0.25) is 0 Å². The van der Waals surface area contributed by atoms with Gasteiger partial charge < -0.3 is 15.7 Å². The van der Waals surface area contributed by atoms with E-state index in [-0.39, 0.29) is 6.42 Å². The lowest BCUT2D eigenvalue weighted by Gasteiger charge is -2.20. The molecule has 0 saturated heterocycles. The number of anilines is 1. The number of benzene rings is 2. The van der Waals surface area contributed by atoms with Crippen molar-refractivity contribution in [1.82, 2.24) is 9.69 Å². The van der Waals surface area contributed by atoms with Crippen LogP contribution in [0.15, 0.2) is 48.7 Å². The first-order valence-electron chi connectivity index (χ1n) is 7.40. The van der Waals surface area contributed by atoms with Crippen LogP contribution < -0.4 is 10.6 Å². The van der Waals surface area contributed by atoms with Crippen molar-refractivity contribution >= 4 is 62.2 Å². The highest BCUT2D eigenvalue weighted by Gasteiger charge is 2.17. The Kier molecular flexibility index (Phi) is 5.47. The number of nitrogens with zero attached hydrogens (tertiary/aromatic N) is 1. The zero-order valence-electron chi connectivity index (χ0n) is 12.9. The topological polar surface area (TPSA) is 74.2 Å². The van der Waals surface area contributed by atoms with Gasteiger partial charge in [-0.2, -0.15) is 4.37 Å². The first-order chi connectivity index (χ1) is 12.0. The van der Waals surface area contributed by atoms with Crippen LogP contribution >= 0.6 is 35.4 Å². The van der Waals surface area contributed by atoms with Crippen LogP contribution in [-0.2, 0) is 4.79 Å². The van der Waals surface area contributed by atoms with Gasteiger partial charge in [0.25, 0.3) is 0 Å². The smallest absolute Gasteiger partial charge is 0.305 e. The molecule has 1 heterocycles. The monoisotopic (exact) mass is 391 g/mol. The van der Waals surface area contributed by atoms with Gasteiger partial charge in [-0.15, -0.1) is 0 Å². The van der Waals surface area contributed by atoms with Crippen molar-refractivity contribution in [3.8, 4) is 0 Å². The number of hydrogen-bond donors (Lipinski definition) is 3. The van der Waals surface area contributed by atoms with Crippen molar-refractivity contribution in [2.45, 2.75) is 12.5 Å². The number of aromatic nitrogens is 1. The molecule has 0 fully saturated rings. The minimum absolute atomic E-state index is 0.115. The Bertz CT molecular complexity index is 929. The van der Waals surface area contributed by atoms with Crippen molar-refractivity contribution < 1.29 is 9.90 Å². The van der Waals surface area contributed by atoms with Crippen molar-refractivity contribution in [1.29, 1.82) is 0 Å². The molecule has 0 aliphatic rings. The first kappa shape index (κ1) is 17.6. The molecule has 0 aliphatic carbocycles. The van der Waals surface area contributed by atoms with Crippen LogP contribution in [-0.4, -0.2) is 20.6 Å². The highest BCUT2D eigenvalue weighted by molar-refractivity contribution is 7.80. The molecule has 3 N–H and O–H groups in total. The van der Waals surface area contributed by atoms with Crippen LogP contribution in [0.5, 0.6) is 0 Å². The number of carbonyl (C=O) groups is 1. The highest BCUT2D eigenvalue weighted by Crippen LogP contribution is 2.23. The molecule has 1 aromatic heterocycles. The van der Waals surface area contributed by atoms with E-state index in [0.29, 0.717) is 10.1 Å². The van der Waals surface area contributed by atoms with E-state index in [1.807, 2.05) is 24.3 Å². The molecule has 128 valence electrons. The lowest BCUT2D eigenvalue weighted by Crippen LogP contribution is -2.33. The lowest BCUT2D eigenvalue weighted by molar-refractivity contribution is -0.137. The maximum absolute atomic E-state index is 11.2. The summed E-state index contributed by atoms with van der Waals surface area (Å²) >= 11 is 12.8. The lowest BCUT2D eigenvalue weighted by atomic mass is 10.0. The minimum atomic E-state index is -0.925. The predicted octanol–water partition coefficient (Wildman–Crippen LogP) is 4.45. The maximum Gasteiger partial charge on any atom is 0.305 e. The molecule has 0 radical (unpaired) electrons. The standard InChI is InChI=1S/C17H14ClN3O2S2/c18-12-3-1-2-10(6-12)14(8-16(22)23)21-17(24)20-13-4-5-15-11(7-13)9-19-25-15/h1-7,9,14H,8H2,(H,22,23)(H2,20,21,24)/t14-/m1/s1. The number of carboxylic acid groups (broad SMARTS) is 1. The summed E-state index contributed by atoms with van der Waals surface area (Å²) in [6.45, 7) is 0. The second-order valence-electron chi connectivity index (χ2n) is 5.38. The Labute approximate surface area is 158 Å². The summed E-state index contributed by atoms with van der Waals surface area (Å²) in [5.74, 6) is -0.925. The highest BCUT2D eigenvalue weighted by atomic mass is 35.5. The number of fused-ring (bicyclic) bond motifs is 1. The average Bonchev–Trinajstić information content (AvgIpc) is 3.01. The Hall–Kier alpha value is -2.22. The van der Waals surface area contributed by atoms with Crippen LogP contribution in [0.1, 0.15) is 18.0 Å². The maximum atomic E-state index is 11.2. The van der Waals surface area contributed by atoms with Crippen LogP contribution in [0.4, 0.5) is 5.69 Å². The second kappa shape index (κ2) is 7.77. The third kappa shape index (κ3) is 4.66. The molecule has 0 spiro atoms. The van der Waals surface area contributed by atoms with Gasteiger partial charge in [0.1, 0.15) is 0 Å². The molecule has 25 heavy (non-hydrogen) atoms. The normalized spacial score (nSPS) is 11.9. The summed E-state index contributed by atoms with van der Waals surface area (Å²) in [5.41, 5.74) is 1.57. The van der Waals surface area contributed by atoms with E-state index >= 15 is 0 Å². The number of carboxylic acids is 1. The molecular weight excluding hydrogens is 378 g/mol. The minimum Gasteiger partial charge on any atom is -0.481 e. The molecule has 0 unspecified atom stereocenters. The summed E-state index contributed by atoms with van der Waals surface area (Å²) in [6.07, 6.45) is 1.68. The zero-order valence-corrected chi connectivity index (χ0v) is 15.3. The molecule has 8 heteroatoms. The summed E-state index contributed by atoms with van der Waals surface area (Å²) in [6, 6.07) is 12.4. The fourth-order valence-corrected chi connectivity index (χ4v) is 3.51. The number of nitrogens with one attached hydrogen (secondary N) is 2. The SMILES string of the molecule is O=C(O)C[C@@H](NC(=S)Nc1ccc2sncc2c1)c1cccc(Cl)c1. The van der Waals surface area contributed by atoms with Crippen molar-refractivity contribution in [2.75, 3.05) is 5.32 Å². The number of hydrogen-bond acceptors (Lipinski definition) is 4.